The molecule has 72 valence electrons. The quantitative estimate of drug-likeness (QED) is 0.330. The molecule has 9 heteroatoms. The molecule has 0 saturated carbocycles. The Hall–Kier alpha value is 0.0200. The number of hydrogen-bond donors (Lipinski definition) is 3. The minimum atomic E-state index is -4.32. The summed E-state index contributed by atoms with van der Waals surface area (Å²) in [5, 5.41) is 0. The molecule has 0 rings (SSSR count). The fraction of sp³-hybridized carbons (Fsp3) is 0.667. The molecule has 6 nitrogen and oxygen atoms in total. The molecule has 0 radical (unpaired) electrons. The van der Waals surface area contributed by atoms with Crippen molar-refractivity contribution >= 4 is 25.9 Å². The first kappa shape index (κ1) is 12.0. The van der Waals surface area contributed by atoms with Gasteiger partial charge in [-0.05, 0) is 0 Å². The zero-order valence-electron chi connectivity index (χ0n) is 6.10. The Balaban J connectivity index is 3.65. The monoisotopic (exact) mass is 218 g/mol. The maximum absolute atomic E-state index is 11.5. The van der Waals surface area contributed by atoms with Gasteiger partial charge in [0, 0.05) is 19.2 Å². The summed E-state index contributed by atoms with van der Waals surface area (Å²) in [4.78, 5) is 26.6. The molecule has 0 aliphatic heterocycles. The molecule has 0 unspecified atom stereocenters. The maximum atomic E-state index is 11.5. The van der Waals surface area contributed by atoms with Crippen molar-refractivity contribution in [2.75, 3.05) is 13.6 Å². The molecule has 0 bridgehead atoms. The Morgan fingerprint density at radius 1 is 1.75 bits per heavy atom. The summed E-state index contributed by atoms with van der Waals surface area (Å²) in [5.74, 6) is 0. The van der Waals surface area contributed by atoms with E-state index in [9.17, 15) is 13.8 Å². The van der Waals surface area contributed by atoms with Gasteiger partial charge in [0.15, 0.2) is 0 Å². The van der Waals surface area contributed by atoms with Crippen LogP contribution in [0.5, 0.6) is 0 Å². The van der Waals surface area contributed by atoms with Gasteiger partial charge in [-0.3, -0.25) is 4.79 Å². The number of nitrogens with zero attached hydrogens (tertiary/aromatic N) is 1. The second-order valence-electron chi connectivity index (χ2n) is 1.75. The molecule has 0 heterocycles. The lowest BCUT2D eigenvalue weighted by Crippen LogP contribution is -2.18. The third-order valence-corrected chi connectivity index (χ3v) is 2.93. The second-order valence-corrected chi connectivity index (χ2v) is 4.66. The number of rotatable bonds is 5. The van der Waals surface area contributed by atoms with Gasteiger partial charge in [0.05, 0.1) is 6.54 Å². The Bertz CT molecular complexity index is 208. The average Bonchev–Trinajstić information content (AvgIpc) is 1.84. The van der Waals surface area contributed by atoms with Crippen LogP contribution in [0.4, 0.5) is 4.39 Å². The average molecular weight is 218 g/mol. The van der Waals surface area contributed by atoms with E-state index in [0.717, 1.165) is 7.05 Å². The van der Waals surface area contributed by atoms with E-state index >= 15 is 0 Å². The van der Waals surface area contributed by atoms with Crippen molar-refractivity contribution in [3.8, 4) is 0 Å². The highest BCUT2D eigenvalue weighted by Gasteiger charge is 2.21. The van der Waals surface area contributed by atoms with Gasteiger partial charge in [0.25, 0.3) is 0 Å². The Morgan fingerprint density at radius 2 is 2.25 bits per heavy atom. The molecule has 0 atom stereocenters. The van der Waals surface area contributed by atoms with Crippen LogP contribution >= 0.6 is 19.9 Å². The predicted octanol–water partition coefficient (Wildman–Crippen LogP) is -0.340. The van der Waals surface area contributed by atoms with Crippen molar-refractivity contribution in [1.82, 2.24) is 8.80 Å². The molecule has 0 aliphatic carbocycles. The molecular weight excluding hydrogens is 210 g/mol. The number of hydrogen-bond acceptors (Lipinski definition) is 4. The zero-order valence-corrected chi connectivity index (χ0v) is 7.81. The SMILES string of the molecule is CN(SNCC(=O)F)P(=O)(O)O. The van der Waals surface area contributed by atoms with E-state index < -0.39 is 20.3 Å². The molecule has 12 heavy (non-hydrogen) atoms. The first-order valence-electron chi connectivity index (χ1n) is 2.72. The van der Waals surface area contributed by atoms with Crippen LogP contribution in [0.15, 0.2) is 0 Å². The van der Waals surface area contributed by atoms with Crippen molar-refractivity contribution in [3.63, 3.8) is 0 Å². The van der Waals surface area contributed by atoms with Gasteiger partial charge in [-0.2, -0.15) is 4.39 Å². The lowest BCUT2D eigenvalue weighted by atomic mass is 10.7. The minimum Gasteiger partial charge on any atom is -0.312 e. The van der Waals surface area contributed by atoms with Crippen LogP contribution in [0.2, 0.25) is 0 Å². The molecule has 0 fully saturated rings. The smallest absolute Gasteiger partial charge is 0.312 e. The molecule has 0 spiro atoms. The predicted molar refractivity (Wildman–Crippen MR) is 41.5 cm³/mol. The molecular formula is C3H8FN2O4PS. The molecule has 0 aromatic carbocycles. The van der Waals surface area contributed by atoms with Crippen LogP contribution in [0.3, 0.4) is 0 Å². The van der Waals surface area contributed by atoms with Crippen molar-refractivity contribution in [2.24, 2.45) is 0 Å². The van der Waals surface area contributed by atoms with E-state index in [1.807, 2.05) is 0 Å². The summed E-state index contributed by atoms with van der Waals surface area (Å²) in [6, 6.07) is -1.60. The summed E-state index contributed by atoms with van der Waals surface area (Å²) in [6.45, 7) is -0.588. The Labute approximate surface area is 72.6 Å². The van der Waals surface area contributed by atoms with Gasteiger partial charge in [0.2, 0.25) is 0 Å². The highest BCUT2D eigenvalue weighted by atomic mass is 32.2. The Kier molecular flexibility index (Phi) is 4.91. The van der Waals surface area contributed by atoms with Gasteiger partial charge in [-0.25, -0.2) is 9.29 Å². The third kappa shape index (κ3) is 5.64. The molecule has 0 aromatic heterocycles. The zero-order chi connectivity index (χ0) is 9.78. The van der Waals surface area contributed by atoms with E-state index in [1.165, 1.54) is 0 Å². The van der Waals surface area contributed by atoms with Gasteiger partial charge in [-0.1, -0.05) is 0 Å². The highest BCUT2D eigenvalue weighted by Crippen LogP contribution is 2.42. The van der Waals surface area contributed by atoms with Crippen LogP contribution < -0.4 is 4.72 Å². The van der Waals surface area contributed by atoms with E-state index in [2.05, 4.69) is 4.72 Å². The van der Waals surface area contributed by atoms with Crippen molar-refractivity contribution < 1.29 is 23.5 Å². The minimum absolute atomic E-state index is 0.471. The van der Waals surface area contributed by atoms with Crippen LogP contribution in [0, 0.1) is 0 Å². The van der Waals surface area contributed by atoms with Crippen LogP contribution in [-0.4, -0.2) is 33.5 Å². The number of carbonyl (C=O) groups is 1. The molecule has 0 aromatic rings. The molecule has 0 aliphatic rings. The van der Waals surface area contributed by atoms with Crippen LogP contribution in [0.1, 0.15) is 0 Å². The fourth-order valence-electron chi connectivity index (χ4n) is 0.236. The fourth-order valence-corrected chi connectivity index (χ4v) is 1.20. The number of nitrogens with one attached hydrogen (secondary N) is 1. The summed E-state index contributed by atoms with van der Waals surface area (Å²) >= 11 is 0.471. The van der Waals surface area contributed by atoms with Crippen molar-refractivity contribution in [1.29, 1.82) is 0 Å². The first-order chi connectivity index (χ1) is 5.34. The number of carbonyl (C=O) groups excluding carboxylic acids is 1. The first-order valence-corrected chi connectivity index (χ1v) is 5.06. The lowest BCUT2D eigenvalue weighted by molar-refractivity contribution is -0.127. The summed E-state index contributed by atoms with van der Waals surface area (Å²) < 4.78 is 24.6. The topological polar surface area (TPSA) is 89.9 Å². The van der Waals surface area contributed by atoms with Gasteiger partial charge < -0.3 is 9.79 Å². The standard InChI is InChI=1S/C3H8FN2O4PS/c1-6(11(8,9)10)12-5-2-3(4)7/h5H,2H2,1H3,(H2,8,9,10). The van der Waals surface area contributed by atoms with E-state index in [1.54, 1.807) is 0 Å². The molecule has 3 N–H and O–H groups in total. The normalized spacial score (nSPS) is 12.1. The van der Waals surface area contributed by atoms with Gasteiger partial charge >= 0.3 is 13.8 Å². The van der Waals surface area contributed by atoms with E-state index in [4.69, 9.17) is 9.79 Å². The summed E-state index contributed by atoms with van der Waals surface area (Å²) in [6.07, 6.45) is 0. The highest BCUT2D eigenvalue weighted by molar-refractivity contribution is 7.99. The maximum Gasteiger partial charge on any atom is 0.413 e. The van der Waals surface area contributed by atoms with E-state index in [-0.39, 0.29) is 0 Å². The number of halogens is 1. The Morgan fingerprint density at radius 3 is 2.58 bits per heavy atom. The largest absolute Gasteiger partial charge is 0.413 e. The summed E-state index contributed by atoms with van der Waals surface area (Å²) in [7, 11) is -3.20. The second kappa shape index (κ2) is 4.90. The molecule has 0 saturated heterocycles. The molecule has 0 amide bonds. The summed E-state index contributed by atoms with van der Waals surface area (Å²) in [5.41, 5.74) is 0. The van der Waals surface area contributed by atoms with E-state index in [0.29, 0.717) is 16.2 Å². The van der Waals surface area contributed by atoms with Crippen LogP contribution in [-0.2, 0) is 9.36 Å². The van der Waals surface area contributed by atoms with Crippen LogP contribution in [0.25, 0.3) is 0 Å². The third-order valence-electron chi connectivity index (χ3n) is 0.775. The van der Waals surface area contributed by atoms with Crippen molar-refractivity contribution in [2.45, 2.75) is 0 Å². The van der Waals surface area contributed by atoms with Gasteiger partial charge in [-0.15, -0.1) is 4.08 Å². The van der Waals surface area contributed by atoms with Gasteiger partial charge in [0.1, 0.15) is 0 Å². The van der Waals surface area contributed by atoms with Crippen molar-refractivity contribution in [3.05, 3.63) is 0 Å². The lowest BCUT2D eigenvalue weighted by Gasteiger charge is -2.15.